The highest BCUT2D eigenvalue weighted by atomic mass is 79.9. The lowest BCUT2D eigenvalue weighted by molar-refractivity contribution is -0.116. The number of hydrogen-bond acceptors (Lipinski definition) is 3. The Labute approximate surface area is 124 Å². The van der Waals surface area contributed by atoms with Crippen molar-refractivity contribution >= 4 is 44.8 Å². The lowest BCUT2D eigenvalue weighted by Gasteiger charge is -2.42. The van der Waals surface area contributed by atoms with Gasteiger partial charge in [0.05, 0.1) is 16.7 Å². The lowest BCUT2D eigenvalue weighted by Crippen LogP contribution is -2.55. The van der Waals surface area contributed by atoms with Crippen molar-refractivity contribution in [1.82, 2.24) is 4.90 Å². The number of hydrogen-bond donors (Lipinski definition) is 0. The van der Waals surface area contributed by atoms with Gasteiger partial charge in [-0.3, -0.25) is 4.79 Å². The van der Waals surface area contributed by atoms with Crippen LogP contribution in [0, 0.1) is 0 Å². The Hall–Kier alpha value is -0.100. The minimum absolute atomic E-state index is 0.00248. The van der Waals surface area contributed by atoms with Gasteiger partial charge in [0.1, 0.15) is 4.88 Å². The first-order valence-electron chi connectivity index (χ1n) is 5.69. The third-order valence-corrected chi connectivity index (χ3v) is 4.80. The monoisotopic (exact) mass is 351 g/mol. The van der Waals surface area contributed by atoms with E-state index in [0.29, 0.717) is 23.0 Å². The molecule has 2 heterocycles. The average molecular weight is 353 g/mol. The Morgan fingerprint density at radius 1 is 1.72 bits per heavy atom. The summed E-state index contributed by atoms with van der Waals surface area (Å²) in [4.78, 5) is 14.9. The molecule has 0 N–H and O–H groups in total. The van der Waals surface area contributed by atoms with Gasteiger partial charge in [-0.05, 0) is 25.3 Å². The van der Waals surface area contributed by atoms with Gasteiger partial charge in [0, 0.05) is 18.4 Å². The summed E-state index contributed by atoms with van der Waals surface area (Å²) in [6.45, 7) is 5.18. The van der Waals surface area contributed by atoms with Crippen molar-refractivity contribution in [3.63, 3.8) is 0 Å². The minimum Gasteiger partial charge on any atom is -0.368 e. The molecule has 0 saturated carbocycles. The molecule has 1 aliphatic heterocycles. The number of carbonyl (C=O) groups excluding carboxylic acids is 1. The van der Waals surface area contributed by atoms with Crippen molar-refractivity contribution in [3.8, 4) is 0 Å². The van der Waals surface area contributed by atoms with Gasteiger partial charge < -0.3 is 9.64 Å². The summed E-state index contributed by atoms with van der Waals surface area (Å²) in [5.74, 6) is -0.00248. The van der Waals surface area contributed by atoms with Crippen LogP contribution >= 0.6 is 38.9 Å². The van der Waals surface area contributed by atoms with Gasteiger partial charge in [0.2, 0.25) is 0 Å². The zero-order valence-corrected chi connectivity index (χ0v) is 13.4. The van der Waals surface area contributed by atoms with Gasteiger partial charge >= 0.3 is 0 Å². The van der Waals surface area contributed by atoms with Gasteiger partial charge in [-0.1, -0.05) is 27.5 Å². The van der Waals surface area contributed by atoms with Crippen LogP contribution in [-0.2, 0) is 4.74 Å². The maximum atomic E-state index is 12.4. The molecule has 1 unspecified atom stereocenters. The van der Waals surface area contributed by atoms with Crippen LogP contribution in [0.25, 0.3) is 0 Å². The van der Waals surface area contributed by atoms with Crippen LogP contribution in [0.15, 0.2) is 11.4 Å². The molecule has 0 aromatic carbocycles. The predicted octanol–water partition coefficient (Wildman–Crippen LogP) is 3.42. The smallest absolute Gasteiger partial charge is 0.265 e. The maximum Gasteiger partial charge on any atom is 0.265 e. The number of ether oxygens (including phenoxy) is 1. The molecule has 3 nitrogen and oxygen atoms in total. The molecule has 0 bridgehead atoms. The fourth-order valence-electron chi connectivity index (χ4n) is 2.12. The molecular formula is C12H15BrClNO2S. The Balaban J connectivity index is 2.17. The summed E-state index contributed by atoms with van der Waals surface area (Å²) in [5.41, 5.74) is -0.323. The summed E-state index contributed by atoms with van der Waals surface area (Å²) >= 11 is 10.8. The highest BCUT2D eigenvalue weighted by Crippen LogP contribution is 2.28. The van der Waals surface area contributed by atoms with Crippen LogP contribution in [0.4, 0.5) is 0 Å². The van der Waals surface area contributed by atoms with E-state index >= 15 is 0 Å². The summed E-state index contributed by atoms with van der Waals surface area (Å²) in [7, 11) is 0. The number of carbonyl (C=O) groups is 1. The normalized spacial score (nSPS) is 23.1. The van der Waals surface area contributed by atoms with Crippen molar-refractivity contribution in [3.05, 3.63) is 21.3 Å². The van der Waals surface area contributed by atoms with Crippen LogP contribution in [0.5, 0.6) is 0 Å². The van der Waals surface area contributed by atoms with Gasteiger partial charge in [-0.15, -0.1) is 11.3 Å². The van der Waals surface area contributed by atoms with Gasteiger partial charge in [0.15, 0.2) is 0 Å². The quantitative estimate of drug-likeness (QED) is 0.763. The van der Waals surface area contributed by atoms with E-state index in [-0.39, 0.29) is 17.6 Å². The van der Waals surface area contributed by atoms with Crippen LogP contribution in [0.1, 0.15) is 23.5 Å². The first-order chi connectivity index (χ1) is 8.43. The van der Waals surface area contributed by atoms with E-state index in [4.69, 9.17) is 16.3 Å². The molecule has 100 valence electrons. The van der Waals surface area contributed by atoms with Crippen molar-refractivity contribution in [2.75, 3.05) is 18.4 Å². The van der Waals surface area contributed by atoms with E-state index in [1.165, 1.54) is 11.3 Å². The molecule has 1 amide bonds. The Kier molecular flexibility index (Phi) is 4.36. The average Bonchev–Trinajstić information content (AvgIpc) is 2.72. The molecule has 1 aromatic rings. The first-order valence-corrected chi connectivity index (χ1v) is 8.07. The molecule has 1 fully saturated rings. The second-order valence-corrected chi connectivity index (χ2v) is 6.91. The number of halogens is 2. The van der Waals surface area contributed by atoms with Gasteiger partial charge in [-0.2, -0.15) is 0 Å². The summed E-state index contributed by atoms with van der Waals surface area (Å²) in [5, 5.41) is 3.09. The Morgan fingerprint density at radius 3 is 3.00 bits per heavy atom. The minimum atomic E-state index is -0.323. The number of amides is 1. The highest BCUT2D eigenvalue weighted by Gasteiger charge is 2.36. The summed E-state index contributed by atoms with van der Waals surface area (Å²) in [6.07, 6.45) is 0.0245. The number of nitrogens with zero attached hydrogens (tertiary/aromatic N) is 1. The van der Waals surface area contributed by atoms with E-state index in [1.54, 1.807) is 6.07 Å². The van der Waals surface area contributed by atoms with Crippen LogP contribution < -0.4 is 0 Å². The highest BCUT2D eigenvalue weighted by molar-refractivity contribution is 9.09. The van der Waals surface area contributed by atoms with Crippen molar-refractivity contribution < 1.29 is 9.53 Å². The fraction of sp³-hybridized carbons (Fsp3) is 0.583. The zero-order chi connectivity index (χ0) is 13.3. The molecular weight excluding hydrogens is 338 g/mol. The lowest BCUT2D eigenvalue weighted by atomic mass is 10.1. The van der Waals surface area contributed by atoms with Crippen LogP contribution in [0.3, 0.4) is 0 Å². The van der Waals surface area contributed by atoms with E-state index < -0.39 is 0 Å². The number of rotatable bonds is 2. The summed E-state index contributed by atoms with van der Waals surface area (Å²) < 4.78 is 5.88. The molecule has 0 aliphatic carbocycles. The largest absolute Gasteiger partial charge is 0.368 e. The molecule has 1 aromatic heterocycles. The molecule has 0 spiro atoms. The number of thiophene rings is 1. The second kappa shape index (κ2) is 5.49. The fourth-order valence-corrected chi connectivity index (χ4v) is 3.56. The molecule has 1 atom stereocenters. The zero-order valence-electron chi connectivity index (χ0n) is 10.3. The topological polar surface area (TPSA) is 29.5 Å². The SMILES string of the molecule is CC1(C)CN(C(=O)c2sccc2Cl)CC(CBr)O1. The standard InChI is InChI=1S/C12H15BrClNO2S/c1-12(2)7-15(6-8(5-13)17-12)11(16)10-9(14)3-4-18-10/h3-4,8H,5-7H2,1-2H3. The molecule has 18 heavy (non-hydrogen) atoms. The van der Waals surface area contributed by atoms with Gasteiger partial charge in [-0.25, -0.2) is 0 Å². The molecule has 2 rings (SSSR count). The Bertz CT molecular complexity index is 449. The molecule has 1 aliphatic rings. The second-order valence-electron chi connectivity index (χ2n) is 4.94. The first kappa shape index (κ1) is 14.3. The van der Waals surface area contributed by atoms with Crippen LogP contribution in [-0.4, -0.2) is 40.9 Å². The van der Waals surface area contributed by atoms with E-state index in [9.17, 15) is 4.79 Å². The summed E-state index contributed by atoms with van der Waals surface area (Å²) in [6, 6.07) is 1.76. The third-order valence-electron chi connectivity index (χ3n) is 2.75. The third kappa shape index (κ3) is 3.07. The van der Waals surface area contributed by atoms with Crippen molar-refractivity contribution in [2.45, 2.75) is 25.6 Å². The van der Waals surface area contributed by atoms with Gasteiger partial charge in [0.25, 0.3) is 5.91 Å². The number of morpholine rings is 1. The maximum absolute atomic E-state index is 12.4. The molecule has 6 heteroatoms. The molecule has 0 radical (unpaired) electrons. The van der Waals surface area contributed by atoms with E-state index in [1.807, 2.05) is 24.1 Å². The van der Waals surface area contributed by atoms with E-state index in [0.717, 1.165) is 5.33 Å². The van der Waals surface area contributed by atoms with Crippen molar-refractivity contribution in [1.29, 1.82) is 0 Å². The van der Waals surface area contributed by atoms with Crippen molar-refractivity contribution in [2.24, 2.45) is 0 Å². The Morgan fingerprint density at radius 2 is 2.44 bits per heavy atom. The predicted molar refractivity (Wildman–Crippen MR) is 78.0 cm³/mol. The molecule has 1 saturated heterocycles. The van der Waals surface area contributed by atoms with Crippen LogP contribution in [0.2, 0.25) is 5.02 Å². The number of alkyl halides is 1. The van der Waals surface area contributed by atoms with E-state index in [2.05, 4.69) is 15.9 Å².